The predicted octanol–water partition coefficient (Wildman–Crippen LogP) is 1.92. The summed E-state index contributed by atoms with van der Waals surface area (Å²) in [5, 5.41) is 100. The van der Waals surface area contributed by atoms with Gasteiger partial charge in [-0.3, -0.25) is 58.1 Å². The van der Waals surface area contributed by atoms with Gasteiger partial charge in [0.15, 0.2) is 0 Å². The number of carboxylic acid groups (broad SMARTS) is 9. The van der Waals surface area contributed by atoms with E-state index < -0.39 is 84.3 Å². The first-order valence-corrected chi connectivity index (χ1v) is 36.9. The highest BCUT2D eigenvalue weighted by Crippen LogP contribution is 2.24. The molecule has 1 unspecified atom stereocenters. The van der Waals surface area contributed by atoms with E-state index in [-0.39, 0.29) is 109 Å². The smallest absolute Gasteiger partial charge is 0.326 e. The van der Waals surface area contributed by atoms with E-state index in [0.717, 1.165) is 57.1 Å². The first-order chi connectivity index (χ1) is 52.1. The molecule has 1 aromatic carbocycles. The van der Waals surface area contributed by atoms with Gasteiger partial charge in [-0.1, -0.05) is 50.7 Å². The molecule has 0 saturated carbocycles. The van der Waals surface area contributed by atoms with E-state index in [1.54, 1.807) is 22.2 Å². The molecule has 0 aliphatic carbocycles. The van der Waals surface area contributed by atoms with Crippen LogP contribution >= 0.6 is 0 Å². The molecule has 2 fully saturated rings. The van der Waals surface area contributed by atoms with Gasteiger partial charge >= 0.3 is 59.8 Å². The lowest BCUT2D eigenvalue weighted by molar-refractivity contribution is -0.141. The Balaban J connectivity index is 1.04. The van der Waals surface area contributed by atoms with Crippen molar-refractivity contribution in [2.24, 2.45) is 0 Å². The number of nitrogens with zero attached hydrogens (tertiary/aromatic N) is 14. The van der Waals surface area contributed by atoms with E-state index in [1.165, 1.54) is 21.5 Å². The van der Waals surface area contributed by atoms with Gasteiger partial charge in [-0.2, -0.15) is 15.0 Å². The lowest BCUT2D eigenvalue weighted by Gasteiger charge is -2.37. The number of amides is 3. The van der Waals surface area contributed by atoms with Crippen LogP contribution in [0.3, 0.4) is 0 Å². The zero-order valence-electron chi connectivity index (χ0n) is 61.8. The summed E-state index contributed by atoms with van der Waals surface area (Å²) in [4.78, 5) is 168. The van der Waals surface area contributed by atoms with Crippen molar-refractivity contribution in [3.05, 3.63) is 66.3 Å². The SMILES string of the molecule is CN1CCN(CC(=O)O)CCN(CC(=O)O)CCN(CC(=O)O)C(Cc2ccc(Nc3nc(N[C@@H](CCCCN(Cc4nccn4CC(=O)O)Cc4nccn4CC(=O)O)C(=O)O)nc(N4CCN(CCCCCCCCCCC(=O)NCCCC[C@H](NC(=O)N[C@@H](CCC(=O)O)C(=O)O)C(=O)O)CC4)n3)cc2)C1. The number of unbranched alkanes of at least 4 members (excludes halogenated alkanes) is 9. The Morgan fingerprint density at radius 3 is 1.56 bits per heavy atom. The molecular formula is C70H107N19O20. The van der Waals surface area contributed by atoms with Crippen LogP contribution in [0.2, 0.25) is 0 Å². The summed E-state index contributed by atoms with van der Waals surface area (Å²) >= 11 is 0. The number of piperazine rings is 1. The van der Waals surface area contributed by atoms with Gasteiger partial charge in [0.25, 0.3) is 0 Å². The number of aromatic nitrogens is 7. The number of hydrogen-bond acceptors (Lipinski definition) is 25. The summed E-state index contributed by atoms with van der Waals surface area (Å²) in [6.07, 6.45) is 15.5. The molecule has 14 N–H and O–H groups in total. The van der Waals surface area contributed by atoms with Crippen LogP contribution in [-0.2, 0) is 80.5 Å². The maximum Gasteiger partial charge on any atom is 0.326 e. The number of rotatable bonds is 50. The number of carbonyl (C=O) groups is 11. The summed E-state index contributed by atoms with van der Waals surface area (Å²) in [5.74, 6) is -9.19. The second-order valence-electron chi connectivity index (χ2n) is 27.5. The van der Waals surface area contributed by atoms with Crippen LogP contribution in [-0.4, -0.2) is 318 Å². The second kappa shape index (κ2) is 46.9. The number of urea groups is 1. The molecule has 0 radical (unpaired) electrons. The first-order valence-electron chi connectivity index (χ1n) is 36.9. The van der Waals surface area contributed by atoms with Crippen molar-refractivity contribution in [1.29, 1.82) is 0 Å². The minimum atomic E-state index is -1.51. The topological polar surface area (TPSA) is 527 Å². The van der Waals surface area contributed by atoms with Crippen LogP contribution in [0.1, 0.15) is 126 Å². The number of hydrogen-bond donors (Lipinski definition) is 14. The summed E-state index contributed by atoms with van der Waals surface area (Å²) in [5.41, 5.74) is 1.43. The third-order valence-corrected chi connectivity index (χ3v) is 18.8. The highest BCUT2D eigenvalue weighted by molar-refractivity contribution is 5.86. The number of likely N-dealkylation sites (N-methyl/N-ethyl adjacent to an activating group) is 1. The Morgan fingerprint density at radius 2 is 1.00 bits per heavy atom. The highest BCUT2D eigenvalue weighted by Gasteiger charge is 2.30. The van der Waals surface area contributed by atoms with E-state index in [1.807, 2.05) is 50.9 Å². The number of anilines is 4. The van der Waals surface area contributed by atoms with Crippen LogP contribution in [0.4, 0.5) is 28.3 Å². The van der Waals surface area contributed by atoms with Gasteiger partial charge in [0, 0.05) is 128 Å². The Bertz CT molecular complexity index is 3520. The van der Waals surface area contributed by atoms with Gasteiger partial charge in [0.05, 0.1) is 32.7 Å². The fourth-order valence-corrected chi connectivity index (χ4v) is 12.9. The van der Waals surface area contributed by atoms with Gasteiger partial charge in [-0.25, -0.2) is 29.1 Å². The summed E-state index contributed by atoms with van der Waals surface area (Å²) < 4.78 is 3.00. The van der Waals surface area contributed by atoms with Crippen molar-refractivity contribution in [2.75, 3.05) is 134 Å². The molecule has 39 heteroatoms. The Hall–Kier alpha value is -10.2. The average molecular weight is 1530 g/mol. The van der Waals surface area contributed by atoms with Gasteiger partial charge in [0.2, 0.25) is 23.8 Å². The normalized spacial score (nSPS) is 16.1. The molecule has 3 aromatic heterocycles. The van der Waals surface area contributed by atoms with Crippen LogP contribution < -0.4 is 31.5 Å². The molecule has 4 atom stereocenters. The summed E-state index contributed by atoms with van der Waals surface area (Å²) in [6.45, 7) is 5.27. The van der Waals surface area contributed by atoms with Crippen LogP contribution in [0.15, 0.2) is 49.1 Å². The lowest BCUT2D eigenvalue weighted by atomic mass is 10.0. The van der Waals surface area contributed by atoms with Crippen molar-refractivity contribution in [3.8, 4) is 0 Å². The van der Waals surface area contributed by atoms with Crippen molar-refractivity contribution in [1.82, 2.24) is 79.4 Å². The second-order valence-corrected chi connectivity index (χ2v) is 27.5. The molecule has 3 amide bonds. The lowest BCUT2D eigenvalue weighted by Crippen LogP contribution is -2.52. The molecule has 6 rings (SSSR count). The van der Waals surface area contributed by atoms with E-state index in [0.29, 0.717) is 134 Å². The number of nitrogens with one attached hydrogen (secondary N) is 5. The van der Waals surface area contributed by atoms with E-state index >= 15 is 0 Å². The molecule has 109 heavy (non-hydrogen) atoms. The maximum atomic E-state index is 13.1. The predicted molar refractivity (Wildman–Crippen MR) is 393 cm³/mol. The molecule has 5 heterocycles. The quantitative estimate of drug-likeness (QED) is 0.0281. The van der Waals surface area contributed by atoms with Crippen LogP contribution in [0.5, 0.6) is 0 Å². The third kappa shape index (κ3) is 34.3. The largest absolute Gasteiger partial charge is 0.481 e. The minimum Gasteiger partial charge on any atom is -0.481 e. The summed E-state index contributed by atoms with van der Waals surface area (Å²) in [6, 6.07) is 2.01. The molecule has 0 bridgehead atoms. The molecule has 602 valence electrons. The zero-order chi connectivity index (χ0) is 79.2. The van der Waals surface area contributed by atoms with Crippen LogP contribution in [0, 0.1) is 0 Å². The van der Waals surface area contributed by atoms with Crippen molar-refractivity contribution in [2.45, 2.75) is 166 Å². The zero-order valence-corrected chi connectivity index (χ0v) is 61.8. The van der Waals surface area contributed by atoms with Crippen molar-refractivity contribution < 1.29 is 98.7 Å². The van der Waals surface area contributed by atoms with Gasteiger partial charge < -0.3 is 91.5 Å². The molecule has 2 aliphatic heterocycles. The van der Waals surface area contributed by atoms with Gasteiger partial charge in [-0.05, 0) is 102 Å². The first kappa shape index (κ1) is 87.7. The number of aliphatic carboxylic acids is 9. The minimum absolute atomic E-state index is 0.00636. The number of carboxylic acids is 9. The highest BCUT2D eigenvalue weighted by atomic mass is 16.4. The van der Waals surface area contributed by atoms with Crippen molar-refractivity contribution in [3.63, 3.8) is 0 Å². The Kier molecular flexibility index (Phi) is 37.7. The van der Waals surface area contributed by atoms with Crippen molar-refractivity contribution >= 4 is 89.2 Å². The van der Waals surface area contributed by atoms with Gasteiger partial charge in [0.1, 0.15) is 42.9 Å². The monoisotopic (exact) mass is 1530 g/mol. The Morgan fingerprint density at radius 1 is 0.495 bits per heavy atom. The Labute approximate surface area is 631 Å². The van der Waals surface area contributed by atoms with E-state index in [2.05, 4.69) is 41.5 Å². The fraction of sp³-hybridized carbons (Fsp3) is 0.629. The standard InChI is InChI=1S/C70H107N19O20/c1-81-30-31-83(44-59(93)94)32-33-84(45-60(95)96)36-39-87(46-61(97)98)51(41-81)40-49-17-19-50(20-18-49)74-67-78-68(75-52(64(103)104)15-10-13-27-85(42-55-71-24-28-88(55)47-62(99)100)43-56-72-25-29-89(56)48-63(101)102)80-69(79-67)86-37-34-82(35-38-86)26-12-7-5-3-2-4-6-8-16-57(90)73-23-11-9-14-53(65(105)106)76-70(109)77-54(66(107)108)21-22-58(91)92/h17-20,24-25,28-29,51-54H,2-16,21-23,26-27,30-48H2,1H3,(H,73,90)(H,91,92)(H,93,94)(H,95,96)(H,97,98)(H,99,100)(H,101,102)(H,103,104)(H,105,106)(H,107,108)(H2,76,77,109)(H2,74,75,78,79,80)/t51?,52-,53-,54-/m0/s1. The van der Waals surface area contributed by atoms with E-state index in [4.69, 9.17) is 20.1 Å². The fourth-order valence-electron chi connectivity index (χ4n) is 12.9. The molecule has 39 nitrogen and oxygen atoms in total. The molecule has 4 aromatic rings. The molecule has 2 aliphatic rings. The van der Waals surface area contributed by atoms with Gasteiger partial charge in [-0.15, -0.1) is 0 Å². The average Bonchev–Trinajstić information content (AvgIpc) is 1.49. The number of imidazole rings is 2. The maximum absolute atomic E-state index is 13.1. The van der Waals surface area contributed by atoms with Crippen LogP contribution in [0.25, 0.3) is 0 Å². The molecular weight excluding hydrogens is 1430 g/mol. The third-order valence-electron chi connectivity index (χ3n) is 18.8. The summed E-state index contributed by atoms with van der Waals surface area (Å²) in [7, 11) is 1.89. The molecule has 0 spiro atoms. The van der Waals surface area contributed by atoms with E-state index in [9.17, 15) is 93.6 Å². The number of benzene rings is 1. The number of carbonyl (C=O) groups excluding carboxylic acids is 2. The molecule has 2 saturated heterocycles.